The lowest BCUT2D eigenvalue weighted by Crippen LogP contribution is -2.13. The maximum absolute atomic E-state index is 11.8. The summed E-state index contributed by atoms with van der Waals surface area (Å²) < 4.78 is 0. The number of carbonyl (C=O) groups is 2. The van der Waals surface area contributed by atoms with Gasteiger partial charge >= 0.3 is 5.97 Å². The molecular formula is C19H20N4O3. The first-order valence-corrected chi connectivity index (χ1v) is 8.21. The quantitative estimate of drug-likeness (QED) is 0.633. The number of benzene rings is 2. The van der Waals surface area contributed by atoms with E-state index in [1.165, 1.54) is 0 Å². The number of aromatic nitrogens is 2. The third-order valence-corrected chi connectivity index (χ3v) is 4.10. The van der Waals surface area contributed by atoms with Crippen LogP contribution in [-0.4, -0.2) is 41.3 Å². The molecule has 0 fully saturated rings. The maximum Gasteiger partial charge on any atom is 0.303 e. The second kappa shape index (κ2) is 7.26. The molecule has 0 aliphatic heterocycles. The molecule has 1 amide bonds. The highest BCUT2D eigenvalue weighted by Gasteiger charge is 2.11. The SMILES string of the molecule is CN(C)c1ccc(-c2ccc3c(NC(=O)CCC(=O)O)n[nH]c3c2)cc1. The molecule has 7 nitrogen and oxygen atoms in total. The van der Waals surface area contributed by atoms with Crippen molar-refractivity contribution in [1.29, 1.82) is 0 Å². The fourth-order valence-corrected chi connectivity index (χ4v) is 2.66. The summed E-state index contributed by atoms with van der Waals surface area (Å²) in [6.07, 6.45) is -0.290. The number of aromatic amines is 1. The molecule has 0 saturated carbocycles. The van der Waals surface area contributed by atoms with Crippen LogP contribution < -0.4 is 10.2 Å². The van der Waals surface area contributed by atoms with Crippen LogP contribution in [0.15, 0.2) is 42.5 Å². The van der Waals surface area contributed by atoms with Gasteiger partial charge in [-0.25, -0.2) is 0 Å². The van der Waals surface area contributed by atoms with Gasteiger partial charge in [0.25, 0.3) is 0 Å². The van der Waals surface area contributed by atoms with Gasteiger partial charge in [-0.05, 0) is 35.4 Å². The molecule has 0 spiro atoms. The van der Waals surface area contributed by atoms with Crippen molar-refractivity contribution in [1.82, 2.24) is 10.2 Å². The predicted octanol–water partition coefficient (Wildman–Crippen LogP) is 3.10. The van der Waals surface area contributed by atoms with Gasteiger partial charge in [-0.15, -0.1) is 0 Å². The maximum atomic E-state index is 11.8. The van der Waals surface area contributed by atoms with Crippen molar-refractivity contribution < 1.29 is 14.7 Å². The van der Waals surface area contributed by atoms with Gasteiger partial charge in [-0.1, -0.05) is 18.2 Å². The summed E-state index contributed by atoms with van der Waals surface area (Å²) in [6, 6.07) is 14.1. The second-order valence-corrected chi connectivity index (χ2v) is 6.22. The monoisotopic (exact) mass is 352 g/mol. The number of aliphatic carboxylic acids is 1. The lowest BCUT2D eigenvalue weighted by Gasteiger charge is -2.12. The highest BCUT2D eigenvalue weighted by Crippen LogP contribution is 2.28. The molecule has 0 aliphatic rings. The molecule has 3 N–H and O–H groups in total. The summed E-state index contributed by atoms with van der Waals surface area (Å²) in [5.74, 6) is -0.967. The molecule has 0 unspecified atom stereocenters. The zero-order chi connectivity index (χ0) is 18.7. The molecule has 3 rings (SSSR count). The van der Waals surface area contributed by atoms with Crippen LogP contribution in [0, 0.1) is 0 Å². The smallest absolute Gasteiger partial charge is 0.303 e. The van der Waals surface area contributed by atoms with Gasteiger partial charge in [-0.3, -0.25) is 14.7 Å². The van der Waals surface area contributed by atoms with Gasteiger partial charge < -0.3 is 15.3 Å². The highest BCUT2D eigenvalue weighted by atomic mass is 16.4. The molecule has 0 aliphatic carbocycles. The number of rotatable bonds is 6. The number of hydrogen-bond donors (Lipinski definition) is 3. The van der Waals surface area contributed by atoms with Gasteiger partial charge in [0.1, 0.15) is 0 Å². The van der Waals surface area contributed by atoms with Crippen molar-refractivity contribution in [3.8, 4) is 11.1 Å². The number of anilines is 2. The Morgan fingerprint density at radius 2 is 1.77 bits per heavy atom. The van der Waals surface area contributed by atoms with Gasteiger partial charge in [0.05, 0.1) is 11.9 Å². The second-order valence-electron chi connectivity index (χ2n) is 6.22. The average molecular weight is 352 g/mol. The number of hydrogen-bond acceptors (Lipinski definition) is 4. The number of carboxylic acid groups (broad SMARTS) is 1. The van der Waals surface area contributed by atoms with Crippen LogP contribution in [-0.2, 0) is 9.59 Å². The first kappa shape index (κ1) is 17.5. The minimum Gasteiger partial charge on any atom is -0.481 e. The van der Waals surface area contributed by atoms with E-state index >= 15 is 0 Å². The Morgan fingerprint density at radius 1 is 1.08 bits per heavy atom. The fourth-order valence-electron chi connectivity index (χ4n) is 2.66. The number of carbonyl (C=O) groups excluding carboxylic acids is 1. The van der Waals surface area contributed by atoms with E-state index in [4.69, 9.17) is 5.11 Å². The van der Waals surface area contributed by atoms with E-state index in [2.05, 4.69) is 39.8 Å². The van der Waals surface area contributed by atoms with Gasteiger partial charge in [0.15, 0.2) is 5.82 Å². The normalized spacial score (nSPS) is 10.7. The van der Waals surface area contributed by atoms with Crippen molar-refractivity contribution >= 4 is 34.3 Å². The van der Waals surface area contributed by atoms with E-state index in [1.807, 2.05) is 37.2 Å². The zero-order valence-corrected chi connectivity index (χ0v) is 14.6. The van der Waals surface area contributed by atoms with Crippen LogP contribution in [0.4, 0.5) is 11.5 Å². The molecule has 7 heteroatoms. The summed E-state index contributed by atoms with van der Waals surface area (Å²) in [5, 5.41) is 19.1. The summed E-state index contributed by atoms with van der Waals surface area (Å²) >= 11 is 0. The molecule has 1 heterocycles. The van der Waals surface area contributed by atoms with E-state index in [9.17, 15) is 9.59 Å². The molecule has 0 atom stereocenters. The fraction of sp³-hybridized carbons (Fsp3) is 0.211. The molecular weight excluding hydrogens is 332 g/mol. The minimum absolute atomic E-state index is 0.0833. The van der Waals surface area contributed by atoms with E-state index in [0.29, 0.717) is 5.82 Å². The van der Waals surface area contributed by atoms with Gasteiger partial charge in [0, 0.05) is 31.6 Å². The predicted molar refractivity (Wildman–Crippen MR) is 101 cm³/mol. The van der Waals surface area contributed by atoms with E-state index in [1.54, 1.807) is 0 Å². The topological polar surface area (TPSA) is 98.3 Å². The number of nitrogens with zero attached hydrogens (tertiary/aromatic N) is 2. The largest absolute Gasteiger partial charge is 0.481 e. The van der Waals surface area contributed by atoms with Crippen molar-refractivity contribution in [2.45, 2.75) is 12.8 Å². The van der Waals surface area contributed by atoms with Crippen LogP contribution in [0.2, 0.25) is 0 Å². The molecule has 0 bridgehead atoms. The Hall–Kier alpha value is -3.35. The molecule has 0 radical (unpaired) electrons. The first-order chi connectivity index (χ1) is 12.4. The van der Waals surface area contributed by atoms with Crippen molar-refractivity contribution in [2.75, 3.05) is 24.3 Å². The summed E-state index contributed by atoms with van der Waals surface area (Å²) in [6.45, 7) is 0. The van der Waals surface area contributed by atoms with E-state index < -0.39 is 5.97 Å². The lowest BCUT2D eigenvalue weighted by molar-refractivity contribution is -0.138. The number of nitrogens with one attached hydrogen (secondary N) is 2. The van der Waals surface area contributed by atoms with Crippen molar-refractivity contribution in [3.05, 3.63) is 42.5 Å². The molecule has 134 valence electrons. The standard InChI is InChI=1S/C19H20N4O3/c1-23(2)14-6-3-12(4-7-14)13-5-8-15-16(11-13)21-22-19(15)20-17(24)9-10-18(25)26/h3-8,11H,9-10H2,1-2H3,(H,25,26)(H2,20,21,22,24). The molecule has 0 saturated heterocycles. The number of amides is 1. The molecule has 26 heavy (non-hydrogen) atoms. The molecule has 1 aromatic heterocycles. The van der Waals surface area contributed by atoms with Crippen LogP contribution in [0.25, 0.3) is 22.0 Å². The first-order valence-electron chi connectivity index (χ1n) is 8.21. The van der Waals surface area contributed by atoms with Crippen molar-refractivity contribution in [2.24, 2.45) is 0 Å². The van der Waals surface area contributed by atoms with Gasteiger partial charge in [-0.2, -0.15) is 5.10 Å². The Kier molecular flexibility index (Phi) is 4.88. The van der Waals surface area contributed by atoms with Crippen LogP contribution in [0.3, 0.4) is 0 Å². The minimum atomic E-state index is -1.00. The summed E-state index contributed by atoms with van der Waals surface area (Å²) in [4.78, 5) is 24.4. The van der Waals surface area contributed by atoms with Gasteiger partial charge in [0.2, 0.25) is 5.91 Å². The van der Waals surface area contributed by atoms with Crippen LogP contribution >= 0.6 is 0 Å². The molecule has 3 aromatic rings. The lowest BCUT2D eigenvalue weighted by atomic mass is 10.0. The Bertz CT molecular complexity index is 945. The Morgan fingerprint density at radius 3 is 2.42 bits per heavy atom. The number of H-pyrrole nitrogens is 1. The third kappa shape index (κ3) is 3.83. The summed E-state index contributed by atoms with van der Waals surface area (Å²) in [7, 11) is 4.00. The Labute approximate surface area is 150 Å². The summed E-state index contributed by atoms with van der Waals surface area (Å²) in [5.41, 5.74) is 4.05. The average Bonchev–Trinajstić information content (AvgIpc) is 3.02. The zero-order valence-electron chi connectivity index (χ0n) is 14.6. The molecule has 2 aromatic carbocycles. The van der Waals surface area contributed by atoms with Crippen LogP contribution in [0.1, 0.15) is 12.8 Å². The van der Waals surface area contributed by atoms with Crippen molar-refractivity contribution in [3.63, 3.8) is 0 Å². The van der Waals surface area contributed by atoms with E-state index in [0.717, 1.165) is 27.7 Å². The van der Waals surface area contributed by atoms with E-state index in [-0.39, 0.29) is 18.7 Å². The Balaban J connectivity index is 1.80. The third-order valence-electron chi connectivity index (χ3n) is 4.10. The number of fused-ring (bicyclic) bond motifs is 1. The number of carboxylic acids is 1. The van der Waals surface area contributed by atoms with Crippen LogP contribution in [0.5, 0.6) is 0 Å². The highest BCUT2D eigenvalue weighted by molar-refractivity contribution is 6.01.